The summed E-state index contributed by atoms with van der Waals surface area (Å²) < 4.78 is 38.1. The number of benzene rings is 2. The summed E-state index contributed by atoms with van der Waals surface area (Å²) in [6.07, 6.45) is 1.85. The number of carbonyl (C=O) groups excluding carboxylic acids is 2. The van der Waals surface area contributed by atoms with Crippen molar-refractivity contribution in [3.8, 4) is 0 Å². The van der Waals surface area contributed by atoms with Crippen molar-refractivity contribution in [2.24, 2.45) is 5.92 Å². The number of rotatable bonds is 8. The van der Waals surface area contributed by atoms with E-state index >= 15 is 0 Å². The summed E-state index contributed by atoms with van der Waals surface area (Å²) in [4.78, 5) is 28.2. The minimum atomic E-state index is -3.83. The second kappa shape index (κ2) is 9.88. The molecule has 1 aromatic heterocycles. The number of aryl methyl sites for hydroxylation is 2. The molecule has 196 valence electrons. The van der Waals surface area contributed by atoms with Gasteiger partial charge in [-0.3, -0.25) is 9.59 Å². The largest absolute Gasteiger partial charge is 0.385 e. The molecule has 1 unspecified atom stereocenters. The van der Waals surface area contributed by atoms with Gasteiger partial charge in [0.1, 0.15) is 10.6 Å². The first-order valence-electron chi connectivity index (χ1n) is 12.3. The number of amides is 2. The summed E-state index contributed by atoms with van der Waals surface area (Å²) >= 11 is 0. The third-order valence-electron chi connectivity index (χ3n) is 7.09. The van der Waals surface area contributed by atoms with Crippen molar-refractivity contribution >= 4 is 44.0 Å². The molecule has 1 N–H and O–H groups in total. The molecule has 0 radical (unpaired) electrons. The highest BCUT2D eigenvalue weighted by Gasteiger charge is 2.37. The Morgan fingerprint density at radius 3 is 2.78 bits per heavy atom. The van der Waals surface area contributed by atoms with E-state index < -0.39 is 15.9 Å². The first-order valence-corrected chi connectivity index (χ1v) is 13.8. The zero-order valence-electron chi connectivity index (χ0n) is 21.1. The smallest absolute Gasteiger partial charge is 0.258 e. The van der Waals surface area contributed by atoms with Crippen molar-refractivity contribution in [3.05, 3.63) is 47.3 Å². The van der Waals surface area contributed by atoms with Gasteiger partial charge < -0.3 is 19.5 Å². The van der Waals surface area contributed by atoms with Gasteiger partial charge in [-0.25, -0.2) is 8.42 Å². The standard InChI is InChI=1S/C26H30N4O6S/c1-16-24(17(2)36-28-16)37(33,34)29-12-5-7-18(15-29)25(31)27-21-10-11-22-23-19(21)8-4-9-20(23)26(32)30(22)13-6-14-35-3/h4,8-11,18H,5-7,12-15H2,1-3H3,(H,27,31). The van der Waals surface area contributed by atoms with E-state index in [0.29, 0.717) is 55.9 Å². The zero-order chi connectivity index (χ0) is 26.3. The van der Waals surface area contributed by atoms with Crippen LogP contribution in [0.5, 0.6) is 0 Å². The summed E-state index contributed by atoms with van der Waals surface area (Å²) in [5.41, 5.74) is 2.33. The predicted molar refractivity (Wildman–Crippen MR) is 138 cm³/mol. The summed E-state index contributed by atoms with van der Waals surface area (Å²) in [5, 5.41) is 8.37. The first-order chi connectivity index (χ1) is 17.7. The zero-order valence-corrected chi connectivity index (χ0v) is 21.9. The van der Waals surface area contributed by atoms with Gasteiger partial charge in [-0.15, -0.1) is 0 Å². The van der Waals surface area contributed by atoms with Gasteiger partial charge in [0.15, 0.2) is 5.76 Å². The van der Waals surface area contributed by atoms with Gasteiger partial charge in [-0.1, -0.05) is 17.3 Å². The van der Waals surface area contributed by atoms with Gasteiger partial charge in [0.25, 0.3) is 5.91 Å². The number of carbonyl (C=O) groups is 2. The van der Waals surface area contributed by atoms with Crippen LogP contribution in [0.25, 0.3) is 10.8 Å². The Balaban J connectivity index is 1.37. The van der Waals surface area contributed by atoms with Crippen LogP contribution in [0.1, 0.15) is 41.1 Å². The molecule has 10 nitrogen and oxygen atoms in total. The molecule has 11 heteroatoms. The van der Waals surface area contributed by atoms with Gasteiger partial charge in [-0.05, 0) is 51.3 Å². The van der Waals surface area contributed by atoms with Crippen LogP contribution in [0, 0.1) is 19.8 Å². The highest BCUT2D eigenvalue weighted by atomic mass is 32.2. The molecular weight excluding hydrogens is 496 g/mol. The van der Waals surface area contributed by atoms with E-state index in [-0.39, 0.29) is 29.0 Å². The van der Waals surface area contributed by atoms with Crippen LogP contribution in [0.3, 0.4) is 0 Å². The van der Waals surface area contributed by atoms with Crippen molar-refractivity contribution in [1.82, 2.24) is 9.46 Å². The summed E-state index contributed by atoms with van der Waals surface area (Å²) in [6, 6.07) is 9.16. The number of aromatic nitrogens is 1. The third kappa shape index (κ3) is 4.41. The minimum Gasteiger partial charge on any atom is -0.385 e. The average Bonchev–Trinajstić information content (AvgIpc) is 3.38. The van der Waals surface area contributed by atoms with Crippen molar-refractivity contribution in [2.45, 2.75) is 38.0 Å². The number of hydrogen-bond acceptors (Lipinski definition) is 7. The molecule has 0 saturated carbocycles. The number of hydrogen-bond donors (Lipinski definition) is 1. The van der Waals surface area contributed by atoms with E-state index in [0.717, 1.165) is 16.5 Å². The average molecular weight is 527 g/mol. The lowest BCUT2D eigenvalue weighted by Crippen LogP contribution is -2.43. The molecule has 1 atom stereocenters. The molecule has 2 aliphatic heterocycles. The molecule has 3 heterocycles. The Morgan fingerprint density at radius 2 is 2.05 bits per heavy atom. The van der Waals surface area contributed by atoms with E-state index in [9.17, 15) is 18.0 Å². The van der Waals surface area contributed by atoms with Crippen LogP contribution < -0.4 is 10.2 Å². The lowest BCUT2D eigenvalue weighted by Gasteiger charge is -2.31. The van der Waals surface area contributed by atoms with Gasteiger partial charge in [0.05, 0.1) is 11.6 Å². The predicted octanol–water partition coefficient (Wildman–Crippen LogP) is 3.48. The van der Waals surface area contributed by atoms with E-state index in [1.807, 2.05) is 24.3 Å². The lowest BCUT2D eigenvalue weighted by molar-refractivity contribution is -0.120. The molecule has 1 fully saturated rings. The molecule has 2 aliphatic rings. The summed E-state index contributed by atoms with van der Waals surface area (Å²) in [7, 11) is -2.20. The lowest BCUT2D eigenvalue weighted by atomic mass is 9.98. The number of piperidine rings is 1. The molecule has 0 aliphatic carbocycles. The number of anilines is 2. The molecule has 0 bridgehead atoms. The van der Waals surface area contributed by atoms with Crippen LogP contribution in [-0.2, 0) is 19.6 Å². The topological polar surface area (TPSA) is 122 Å². The molecule has 0 spiro atoms. The van der Waals surface area contributed by atoms with Crippen molar-refractivity contribution < 1.29 is 27.3 Å². The molecule has 5 rings (SSSR count). The number of sulfonamides is 1. The molecule has 37 heavy (non-hydrogen) atoms. The molecular formula is C26H30N4O6S. The fourth-order valence-electron chi connectivity index (χ4n) is 5.33. The van der Waals surface area contributed by atoms with Crippen LogP contribution in [0.4, 0.5) is 11.4 Å². The first kappa shape index (κ1) is 25.4. The second-order valence-corrected chi connectivity index (χ2v) is 11.4. The Bertz CT molecular complexity index is 1460. The maximum absolute atomic E-state index is 13.3. The van der Waals surface area contributed by atoms with E-state index in [2.05, 4.69) is 10.5 Å². The quantitative estimate of drug-likeness (QED) is 0.446. The SMILES string of the molecule is COCCCN1C(=O)c2cccc3c(NC(=O)C4CCCN(S(=O)(=O)c5c(C)noc5C)C4)ccc1c23. The Kier molecular flexibility index (Phi) is 6.78. The Labute approximate surface area is 215 Å². The normalized spacial score (nSPS) is 18.1. The molecule has 3 aromatic rings. The maximum Gasteiger partial charge on any atom is 0.258 e. The van der Waals surface area contributed by atoms with Crippen LogP contribution in [0.15, 0.2) is 39.8 Å². The molecule has 1 saturated heterocycles. The minimum absolute atomic E-state index is 0.0624. The van der Waals surface area contributed by atoms with E-state index in [1.54, 1.807) is 31.9 Å². The van der Waals surface area contributed by atoms with Gasteiger partial charge in [0, 0.05) is 55.4 Å². The van der Waals surface area contributed by atoms with E-state index in [4.69, 9.17) is 9.26 Å². The maximum atomic E-state index is 13.3. The number of methoxy groups -OCH3 is 1. The highest BCUT2D eigenvalue weighted by Crippen LogP contribution is 2.41. The van der Waals surface area contributed by atoms with Gasteiger partial charge in [-0.2, -0.15) is 4.31 Å². The fourth-order valence-corrected chi connectivity index (χ4v) is 7.14. The molecule has 2 aromatic carbocycles. The van der Waals surface area contributed by atoms with Crippen LogP contribution in [0.2, 0.25) is 0 Å². The summed E-state index contributed by atoms with van der Waals surface area (Å²) in [6.45, 7) is 4.67. The summed E-state index contributed by atoms with van der Waals surface area (Å²) in [5.74, 6) is -0.588. The highest BCUT2D eigenvalue weighted by molar-refractivity contribution is 7.89. The number of nitrogens with zero attached hydrogens (tertiary/aromatic N) is 3. The monoisotopic (exact) mass is 526 g/mol. The fraction of sp³-hybridized carbons (Fsp3) is 0.423. The second-order valence-electron chi connectivity index (χ2n) is 9.51. The molecule has 2 amide bonds. The van der Waals surface area contributed by atoms with Crippen molar-refractivity contribution in [3.63, 3.8) is 0 Å². The Morgan fingerprint density at radius 1 is 1.24 bits per heavy atom. The van der Waals surface area contributed by atoms with Crippen LogP contribution >= 0.6 is 0 Å². The number of nitrogens with one attached hydrogen (secondary N) is 1. The van der Waals surface area contributed by atoms with Crippen molar-refractivity contribution in [2.75, 3.05) is 43.6 Å². The van der Waals surface area contributed by atoms with Gasteiger partial charge >= 0.3 is 0 Å². The van der Waals surface area contributed by atoms with Crippen molar-refractivity contribution in [1.29, 1.82) is 0 Å². The third-order valence-corrected chi connectivity index (χ3v) is 9.20. The van der Waals surface area contributed by atoms with Gasteiger partial charge in [0.2, 0.25) is 15.9 Å². The van der Waals surface area contributed by atoms with Crippen LogP contribution in [-0.4, -0.2) is 63.0 Å². The number of ether oxygens (including phenoxy) is 1. The van der Waals surface area contributed by atoms with E-state index in [1.165, 1.54) is 4.31 Å². The Hall–Kier alpha value is -3.28.